The van der Waals surface area contributed by atoms with Crippen LogP contribution in [0.5, 0.6) is 0 Å². The third kappa shape index (κ3) is 4.74. The molecule has 0 spiro atoms. The molecule has 10 aromatic carbocycles. The average molecular weight is 871 g/mol. The minimum Gasteiger partial charge on any atom is -0.310 e. The SMILES string of the molecule is CC1(C)c2cccc3c2-c2c1cc(N(c1ccc4c(c1)-c1ccccc1C4(c1ccccc1)c1ccccc1)c1ccc4c(c1)sc1ccccc14)c1c4ccccc4n(c21)-c1ccccc1-3. The van der Waals surface area contributed by atoms with Crippen LogP contribution in [0.25, 0.3) is 81.0 Å². The van der Waals surface area contributed by atoms with Gasteiger partial charge in [0.1, 0.15) is 0 Å². The van der Waals surface area contributed by atoms with Gasteiger partial charge < -0.3 is 9.47 Å². The lowest BCUT2D eigenvalue weighted by atomic mass is 9.68. The van der Waals surface area contributed by atoms with Crippen molar-refractivity contribution in [3.63, 3.8) is 0 Å². The molecule has 0 amide bonds. The van der Waals surface area contributed by atoms with Crippen molar-refractivity contribution in [3.05, 3.63) is 252 Å². The fourth-order valence-corrected chi connectivity index (χ4v) is 13.9. The summed E-state index contributed by atoms with van der Waals surface area (Å²) >= 11 is 1.88. The molecule has 3 heteroatoms. The summed E-state index contributed by atoms with van der Waals surface area (Å²) in [5.74, 6) is 0. The van der Waals surface area contributed by atoms with Gasteiger partial charge in [-0.3, -0.25) is 0 Å². The largest absolute Gasteiger partial charge is 0.310 e. The molecule has 12 aromatic rings. The van der Waals surface area contributed by atoms with Crippen LogP contribution < -0.4 is 4.90 Å². The summed E-state index contributed by atoms with van der Waals surface area (Å²) in [5.41, 5.74) is 22.2. The van der Waals surface area contributed by atoms with E-state index in [1.54, 1.807) is 0 Å². The van der Waals surface area contributed by atoms with Gasteiger partial charge in [-0.2, -0.15) is 0 Å². The predicted octanol–water partition coefficient (Wildman–Crippen LogP) is 17.3. The smallest absolute Gasteiger partial charge is 0.0713 e. The van der Waals surface area contributed by atoms with Gasteiger partial charge in [0, 0.05) is 58.9 Å². The van der Waals surface area contributed by atoms with Gasteiger partial charge in [0.15, 0.2) is 0 Å². The number of para-hydroxylation sites is 2. The van der Waals surface area contributed by atoms with E-state index < -0.39 is 5.41 Å². The first-order valence-electron chi connectivity index (χ1n) is 23.4. The number of benzene rings is 10. The number of nitrogens with zero attached hydrogens (tertiary/aromatic N) is 2. The molecule has 1 aliphatic heterocycles. The van der Waals surface area contributed by atoms with E-state index in [-0.39, 0.29) is 5.41 Å². The second kappa shape index (κ2) is 13.3. The first-order valence-corrected chi connectivity index (χ1v) is 24.2. The molecule has 0 saturated carbocycles. The lowest BCUT2D eigenvalue weighted by molar-refractivity contribution is 0.661. The quantitative estimate of drug-likeness (QED) is 0.167. The number of thiophene rings is 1. The summed E-state index contributed by atoms with van der Waals surface area (Å²) in [7, 11) is 0. The van der Waals surface area contributed by atoms with E-state index in [4.69, 9.17) is 0 Å². The Kier molecular flexibility index (Phi) is 7.41. The first-order chi connectivity index (χ1) is 33.0. The van der Waals surface area contributed by atoms with Crippen molar-refractivity contribution in [2.45, 2.75) is 24.7 Å². The molecule has 0 saturated heterocycles. The molecule has 0 radical (unpaired) electrons. The summed E-state index contributed by atoms with van der Waals surface area (Å²) in [5, 5.41) is 5.13. The number of hydrogen-bond donors (Lipinski definition) is 0. The van der Waals surface area contributed by atoms with Crippen molar-refractivity contribution in [2.75, 3.05) is 4.90 Å². The molecule has 0 bridgehead atoms. The Balaban J connectivity index is 1.09. The van der Waals surface area contributed by atoms with Crippen molar-refractivity contribution in [1.29, 1.82) is 0 Å². The molecule has 0 N–H and O–H groups in total. The highest BCUT2D eigenvalue weighted by atomic mass is 32.1. The minimum absolute atomic E-state index is 0.250. The van der Waals surface area contributed by atoms with Gasteiger partial charge in [0.05, 0.1) is 27.8 Å². The Morgan fingerprint density at radius 3 is 1.85 bits per heavy atom. The summed E-state index contributed by atoms with van der Waals surface area (Å²) in [4.78, 5) is 2.60. The van der Waals surface area contributed by atoms with E-state index in [1.807, 2.05) is 11.3 Å². The number of anilines is 3. The van der Waals surface area contributed by atoms with Gasteiger partial charge in [-0.05, 0) is 104 Å². The van der Waals surface area contributed by atoms with Crippen LogP contribution in [0, 0.1) is 0 Å². The number of hydrogen-bond acceptors (Lipinski definition) is 2. The van der Waals surface area contributed by atoms with E-state index in [1.165, 1.54) is 120 Å². The topological polar surface area (TPSA) is 8.17 Å². The standard InChI is InChI=1S/C64H42N2S/c1-63(2)52-28-17-26-47-44-23-10-14-29-54(44)66-55-30-15-11-25-48(55)60-56(38-53(63)61(59(47)52)62(60)66)65(42-32-34-46-45-24-12-16-31-57(45)67-58(46)37-42)41-33-35-51-49(36-41)43-22-9-13-27-50(43)64(51,39-18-5-3-6-19-39)40-20-7-4-8-21-40/h3-38H,1-2H3. The van der Waals surface area contributed by atoms with Gasteiger partial charge in [-0.15, -0.1) is 11.3 Å². The lowest BCUT2D eigenvalue weighted by Gasteiger charge is -2.34. The van der Waals surface area contributed by atoms with Crippen molar-refractivity contribution < 1.29 is 0 Å². The van der Waals surface area contributed by atoms with Crippen LogP contribution in [0.1, 0.15) is 47.2 Å². The Morgan fingerprint density at radius 2 is 1.03 bits per heavy atom. The zero-order valence-electron chi connectivity index (χ0n) is 37.1. The Hall–Kier alpha value is -7.98. The Morgan fingerprint density at radius 1 is 0.418 bits per heavy atom. The van der Waals surface area contributed by atoms with Crippen molar-refractivity contribution in [1.82, 2.24) is 4.57 Å². The molecule has 0 fully saturated rings. The van der Waals surface area contributed by atoms with E-state index in [0.717, 1.165) is 11.4 Å². The second-order valence-electron chi connectivity index (χ2n) is 19.1. The zero-order valence-corrected chi connectivity index (χ0v) is 37.9. The number of fused-ring (bicyclic) bond motifs is 12. The molecule has 67 heavy (non-hydrogen) atoms. The molecule has 15 rings (SSSR count). The maximum Gasteiger partial charge on any atom is 0.0713 e. The van der Waals surface area contributed by atoms with Gasteiger partial charge in [0.25, 0.3) is 0 Å². The number of aromatic nitrogens is 1. The summed E-state index contributed by atoms with van der Waals surface area (Å²) in [6.07, 6.45) is 0. The molecule has 2 nitrogen and oxygen atoms in total. The van der Waals surface area contributed by atoms with E-state index >= 15 is 0 Å². The van der Waals surface area contributed by atoms with Crippen molar-refractivity contribution in [3.8, 4) is 39.1 Å². The van der Waals surface area contributed by atoms with E-state index in [9.17, 15) is 0 Å². The summed E-state index contributed by atoms with van der Waals surface area (Å²) in [6.45, 7) is 4.87. The highest BCUT2D eigenvalue weighted by Crippen LogP contribution is 2.62. The van der Waals surface area contributed by atoms with Crippen LogP contribution in [0.3, 0.4) is 0 Å². The van der Waals surface area contributed by atoms with Gasteiger partial charge >= 0.3 is 0 Å². The Labute approximate surface area is 393 Å². The fraction of sp³-hybridized carbons (Fsp3) is 0.0625. The molecule has 314 valence electrons. The number of rotatable bonds is 5. The van der Waals surface area contributed by atoms with Crippen LogP contribution in [0.4, 0.5) is 17.1 Å². The molecule has 0 atom stereocenters. The molecule has 3 heterocycles. The lowest BCUT2D eigenvalue weighted by Crippen LogP contribution is -2.28. The predicted molar refractivity (Wildman–Crippen MR) is 282 cm³/mol. The highest BCUT2D eigenvalue weighted by Gasteiger charge is 2.47. The van der Waals surface area contributed by atoms with E-state index in [2.05, 4.69) is 242 Å². The third-order valence-electron chi connectivity index (χ3n) is 15.6. The molecular weight excluding hydrogens is 829 g/mol. The average Bonchev–Trinajstić information content (AvgIpc) is 4.06. The van der Waals surface area contributed by atoms with E-state index in [0.29, 0.717) is 0 Å². The normalized spacial score (nSPS) is 14.4. The maximum absolute atomic E-state index is 2.60. The fourth-order valence-electron chi connectivity index (χ4n) is 12.8. The maximum atomic E-state index is 2.60. The summed E-state index contributed by atoms with van der Waals surface area (Å²) in [6, 6.07) is 82.5. The van der Waals surface area contributed by atoms with Crippen LogP contribution in [-0.4, -0.2) is 4.57 Å². The van der Waals surface area contributed by atoms with Gasteiger partial charge in [-0.25, -0.2) is 0 Å². The molecular formula is C64H42N2S. The minimum atomic E-state index is -0.488. The monoisotopic (exact) mass is 870 g/mol. The highest BCUT2D eigenvalue weighted by molar-refractivity contribution is 7.25. The van der Waals surface area contributed by atoms with Crippen molar-refractivity contribution >= 4 is 70.4 Å². The second-order valence-corrected chi connectivity index (χ2v) is 20.2. The molecule has 2 aromatic heterocycles. The van der Waals surface area contributed by atoms with Crippen LogP contribution >= 0.6 is 11.3 Å². The molecule has 2 aliphatic carbocycles. The van der Waals surface area contributed by atoms with Crippen LogP contribution in [-0.2, 0) is 10.8 Å². The van der Waals surface area contributed by atoms with Crippen molar-refractivity contribution in [2.24, 2.45) is 0 Å². The van der Waals surface area contributed by atoms with Crippen LogP contribution in [0.2, 0.25) is 0 Å². The first kappa shape index (κ1) is 37.3. The van der Waals surface area contributed by atoms with Gasteiger partial charge in [-0.1, -0.05) is 184 Å². The zero-order chi connectivity index (χ0) is 44.2. The molecule has 0 unspecified atom stereocenters. The molecule has 3 aliphatic rings. The van der Waals surface area contributed by atoms with Crippen LogP contribution in [0.15, 0.2) is 218 Å². The van der Waals surface area contributed by atoms with Gasteiger partial charge in [0.2, 0.25) is 0 Å². The third-order valence-corrected chi connectivity index (χ3v) is 16.7. The Bertz CT molecular complexity index is 4040. The summed E-state index contributed by atoms with van der Waals surface area (Å²) < 4.78 is 5.18.